The van der Waals surface area contributed by atoms with Crippen molar-refractivity contribution < 1.29 is 19.1 Å². The van der Waals surface area contributed by atoms with Crippen LogP contribution in [-0.4, -0.2) is 53.7 Å². The topological polar surface area (TPSA) is 81.5 Å². The van der Waals surface area contributed by atoms with Crippen LogP contribution in [0.25, 0.3) is 0 Å². The van der Waals surface area contributed by atoms with Gasteiger partial charge in [-0.1, -0.05) is 65.1 Å². The largest absolute Gasteiger partial charge is 0.460 e. The Balaban J connectivity index is 1.62. The van der Waals surface area contributed by atoms with Gasteiger partial charge < -0.3 is 4.74 Å². The van der Waals surface area contributed by atoms with Gasteiger partial charge in [0.25, 0.3) is 0 Å². The summed E-state index contributed by atoms with van der Waals surface area (Å²) in [7, 11) is 0. The van der Waals surface area contributed by atoms with E-state index in [1.807, 2.05) is 19.9 Å². The summed E-state index contributed by atoms with van der Waals surface area (Å²) in [6, 6.07) is 8.88. The van der Waals surface area contributed by atoms with Crippen LogP contribution < -0.4 is 0 Å². The van der Waals surface area contributed by atoms with Crippen LogP contribution in [-0.2, 0) is 9.53 Å². The van der Waals surface area contributed by atoms with Gasteiger partial charge >= 0.3 is 12.0 Å². The number of hydrogen-bond donors (Lipinski definition) is 0. The summed E-state index contributed by atoms with van der Waals surface area (Å²) in [5, 5.41) is 3.72. The van der Waals surface area contributed by atoms with Crippen LogP contribution in [0.3, 0.4) is 0 Å². The summed E-state index contributed by atoms with van der Waals surface area (Å²) < 4.78 is 3.90. The minimum atomic E-state index is -1.75. The molecule has 0 aliphatic carbocycles. The molecule has 7 nitrogen and oxygen atoms in total. The van der Waals surface area contributed by atoms with Crippen LogP contribution in [0.2, 0.25) is 0 Å². The lowest BCUT2D eigenvalue weighted by Gasteiger charge is -2.28. The maximum absolute atomic E-state index is 13.1. The molecule has 2 aliphatic heterocycles. The second kappa shape index (κ2) is 7.44. The molecule has 0 radical (unpaired) electrons. The van der Waals surface area contributed by atoms with E-state index in [1.54, 1.807) is 30.3 Å². The molecule has 1 amide bonds. The van der Waals surface area contributed by atoms with Crippen molar-refractivity contribution in [3.63, 3.8) is 0 Å². The van der Waals surface area contributed by atoms with Crippen molar-refractivity contribution >= 4 is 64.3 Å². The molecular formula is C19H16Cl3N3O4S. The SMILES string of the molecule is CC1(C)SC2c3cc(C(=O)c4ccccc4)nn3C(=O)N2C1C(=O)OCC(Cl)(Cl)Cl. The molecular weight excluding hydrogens is 473 g/mol. The van der Waals surface area contributed by atoms with Crippen molar-refractivity contribution in [1.82, 2.24) is 14.7 Å². The number of ketones is 1. The highest BCUT2D eigenvalue weighted by molar-refractivity contribution is 8.01. The third-order valence-corrected chi connectivity index (χ3v) is 6.72. The Bertz CT molecular complexity index is 1040. The first-order valence-corrected chi connectivity index (χ1v) is 10.9. The van der Waals surface area contributed by atoms with E-state index in [-0.39, 0.29) is 11.5 Å². The molecule has 30 heavy (non-hydrogen) atoms. The van der Waals surface area contributed by atoms with Gasteiger partial charge in [0.2, 0.25) is 9.58 Å². The number of benzene rings is 1. The average Bonchev–Trinajstić information content (AvgIpc) is 3.29. The third kappa shape index (κ3) is 3.70. The molecule has 1 aromatic heterocycles. The summed E-state index contributed by atoms with van der Waals surface area (Å²) in [5.74, 6) is -0.946. The molecule has 2 aromatic rings. The molecule has 0 bridgehead atoms. The molecule has 4 rings (SSSR count). The summed E-state index contributed by atoms with van der Waals surface area (Å²) in [4.78, 5) is 39.9. The number of alkyl halides is 3. The van der Waals surface area contributed by atoms with Gasteiger partial charge in [-0.3, -0.25) is 9.69 Å². The zero-order valence-electron chi connectivity index (χ0n) is 15.8. The van der Waals surface area contributed by atoms with E-state index >= 15 is 0 Å². The zero-order valence-corrected chi connectivity index (χ0v) is 18.9. The summed E-state index contributed by atoms with van der Waals surface area (Å²) >= 11 is 18.4. The first kappa shape index (κ1) is 21.5. The van der Waals surface area contributed by atoms with E-state index in [2.05, 4.69) is 5.10 Å². The van der Waals surface area contributed by atoms with Gasteiger partial charge in [-0.05, 0) is 19.9 Å². The van der Waals surface area contributed by atoms with Crippen molar-refractivity contribution in [2.75, 3.05) is 6.61 Å². The number of fused-ring (bicyclic) bond motifs is 3. The molecule has 0 N–H and O–H groups in total. The summed E-state index contributed by atoms with van der Waals surface area (Å²) in [6.07, 6.45) is 0. The van der Waals surface area contributed by atoms with Crippen LogP contribution in [0, 0.1) is 0 Å². The lowest BCUT2D eigenvalue weighted by Crippen LogP contribution is -2.49. The number of ether oxygens (including phenoxy) is 1. The average molecular weight is 489 g/mol. The van der Waals surface area contributed by atoms with Gasteiger partial charge in [-0.2, -0.15) is 9.78 Å². The second-order valence-corrected chi connectivity index (χ2v) is 11.7. The van der Waals surface area contributed by atoms with Gasteiger partial charge in [-0.15, -0.1) is 11.8 Å². The van der Waals surface area contributed by atoms with Gasteiger partial charge in [0.1, 0.15) is 23.7 Å². The maximum Gasteiger partial charge on any atom is 0.347 e. The van der Waals surface area contributed by atoms with E-state index in [4.69, 9.17) is 39.5 Å². The molecule has 0 saturated carbocycles. The fourth-order valence-electron chi connectivity index (χ4n) is 3.60. The molecule has 2 aliphatic rings. The number of carbonyl (C=O) groups is 3. The lowest BCUT2D eigenvalue weighted by atomic mass is 10.0. The molecule has 1 aromatic carbocycles. The van der Waals surface area contributed by atoms with Gasteiger partial charge in [0.15, 0.2) is 0 Å². The fraction of sp³-hybridized carbons (Fsp3) is 0.368. The molecule has 158 valence electrons. The second-order valence-electron chi connectivity index (χ2n) is 7.45. The number of aromatic nitrogens is 2. The number of carbonyl (C=O) groups excluding carboxylic acids is 3. The molecule has 2 atom stereocenters. The highest BCUT2D eigenvalue weighted by Gasteiger charge is 2.59. The normalized spacial score (nSPS) is 22.0. The predicted octanol–water partition coefficient (Wildman–Crippen LogP) is 4.20. The monoisotopic (exact) mass is 487 g/mol. The number of amides is 1. The van der Waals surface area contributed by atoms with Crippen molar-refractivity contribution in [1.29, 1.82) is 0 Å². The number of thioether (sulfide) groups is 1. The van der Waals surface area contributed by atoms with E-state index in [0.29, 0.717) is 11.3 Å². The summed E-state index contributed by atoms with van der Waals surface area (Å²) in [6.45, 7) is 3.24. The Labute approximate surface area is 191 Å². The number of halogens is 3. The molecule has 1 saturated heterocycles. The van der Waals surface area contributed by atoms with Crippen molar-refractivity contribution in [2.24, 2.45) is 0 Å². The standard InChI is InChI=1S/C19H16Cl3N3O4S/c1-18(2)14(16(27)29-9-19(20,21)22)24-15(30-18)12-8-11(23-25(12)17(24)28)13(26)10-6-4-3-5-7-10/h3-8,14-15H,9H2,1-2H3. The van der Waals surface area contributed by atoms with Crippen LogP contribution in [0.4, 0.5) is 4.79 Å². The quantitative estimate of drug-likeness (QED) is 0.364. The van der Waals surface area contributed by atoms with Crippen LogP contribution in [0.15, 0.2) is 36.4 Å². The highest BCUT2D eigenvalue weighted by Crippen LogP contribution is 2.55. The van der Waals surface area contributed by atoms with Crippen molar-refractivity contribution in [2.45, 2.75) is 33.8 Å². The Morgan fingerprint density at radius 2 is 1.90 bits per heavy atom. The van der Waals surface area contributed by atoms with Crippen molar-refractivity contribution in [3.05, 3.63) is 53.3 Å². The Kier molecular flexibility index (Phi) is 5.33. The first-order chi connectivity index (χ1) is 14.0. The lowest BCUT2D eigenvalue weighted by molar-refractivity contribution is -0.149. The number of esters is 1. The number of hydrogen-bond acceptors (Lipinski definition) is 6. The zero-order chi connectivity index (χ0) is 21.8. The molecule has 11 heteroatoms. The van der Waals surface area contributed by atoms with E-state index in [9.17, 15) is 14.4 Å². The van der Waals surface area contributed by atoms with Crippen LogP contribution in [0.1, 0.15) is 41.0 Å². The Hall–Kier alpha value is -1.74. The van der Waals surface area contributed by atoms with Crippen LogP contribution in [0.5, 0.6) is 0 Å². The van der Waals surface area contributed by atoms with Gasteiger partial charge in [0, 0.05) is 10.3 Å². The minimum absolute atomic E-state index is 0.171. The van der Waals surface area contributed by atoms with E-state index < -0.39 is 38.6 Å². The van der Waals surface area contributed by atoms with Gasteiger partial charge in [-0.25, -0.2) is 9.59 Å². The smallest absolute Gasteiger partial charge is 0.347 e. The van der Waals surface area contributed by atoms with E-state index in [0.717, 1.165) is 4.68 Å². The Morgan fingerprint density at radius 1 is 1.23 bits per heavy atom. The number of rotatable bonds is 4. The Morgan fingerprint density at radius 3 is 2.53 bits per heavy atom. The first-order valence-electron chi connectivity index (χ1n) is 8.93. The van der Waals surface area contributed by atoms with Crippen LogP contribution >= 0.6 is 46.6 Å². The predicted molar refractivity (Wildman–Crippen MR) is 114 cm³/mol. The summed E-state index contributed by atoms with van der Waals surface area (Å²) in [5.41, 5.74) is 1.19. The molecule has 3 heterocycles. The van der Waals surface area contributed by atoms with Crippen molar-refractivity contribution in [3.8, 4) is 0 Å². The molecule has 1 fully saturated rings. The molecule has 0 spiro atoms. The molecule has 2 unspecified atom stereocenters. The number of nitrogens with zero attached hydrogens (tertiary/aromatic N) is 3. The van der Waals surface area contributed by atoms with Gasteiger partial charge in [0.05, 0.1) is 5.69 Å². The third-order valence-electron chi connectivity index (χ3n) is 4.87. The maximum atomic E-state index is 13.1. The minimum Gasteiger partial charge on any atom is -0.460 e. The fourth-order valence-corrected chi connectivity index (χ4v) is 5.30. The van der Waals surface area contributed by atoms with E-state index in [1.165, 1.54) is 16.7 Å². The highest BCUT2D eigenvalue weighted by atomic mass is 35.6.